The molecule has 0 spiro atoms. The summed E-state index contributed by atoms with van der Waals surface area (Å²) in [5.41, 5.74) is 1.04. The van der Waals surface area contributed by atoms with Crippen LogP contribution in [0.2, 0.25) is 0 Å². The molecule has 1 aliphatic heterocycles. The number of pyridine rings is 1. The van der Waals surface area contributed by atoms with Gasteiger partial charge in [0.1, 0.15) is 5.78 Å². The van der Waals surface area contributed by atoms with Gasteiger partial charge >= 0.3 is 0 Å². The van der Waals surface area contributed by atoms with E-state index >= 15 is 0 Å². The van der Waals surface area contributed by atoms with Crippen LogP contribution in [0.15, 0.2) is 24.5 Å². The number of ether oxygens (including phenoxy) is 1. The third-order valence-electron chi connectivity index (χ3n) is 2.19. The third-order valence-corrected chi connectivity index (χ3v) is 2.19. The maximum absolute atomic E-state index is 11.2. The maximum atomic E-state index is 11.2. The Labute approximate surface area is 76.7 Å². The molecule has 3 heteroatoms. The van der Waals surface area contributed by atoms with Crippen LogP contribution in [0.3, 0.4) is 0 Å². The molecule has 0 aromatic carbocycles. The Bertz CT molecular complexity index is 297. The van der Waals surface area contributed by atoms with Gasteiger partial charge in [0.15, 0.2) is 0 Å². The molecule has 1 aromatic rings. The predicted octanol–water partition coefficient (Wildman–Crippen LogP) is 1.50. The van der Waals surface area contributed by atoms with Crippen LogP contribution in [0.25, 0.3) is 0 Å². The van der Waals surface area contributed by atoms with Crippen molar-refractivity contribution in [1.82, 2.24) is 4.98 Å². The van der Waals surface area contributed by atoms with Crippen LogP contribution in [0.5, 0.6) is 0 Å². The van der Waals surface area contributed by atoms with Gasteiger partial charge in [0.05, 0.1) is 12.7 Å². The number of nitrogens with zero attached hydrogens (tertiary/aromatic N) is 1. The highest BCUT2D eigenvalue weighted by atomic mass is 16.5. The Balaban J connectivity index is 2.13. The minimum Gasteiger partial charge on any atom is -0.373 e. The summed E-state index contributed by atoms with van der Waals surface area (Å²) in [5, 5.41) is 0. The summed E-state index contributed by atoms with van der Waals surface area (Å²) in [6.07, 6.45) is 4.45. The Hall–Kier alpha value is -1.22. The fourth-order valence-corrected chi connectivity index (χ4v) is 1.47. The molecule has 1 unspecified atom stereocenters. The van der Waals surface area contributed by atoms with E-state index in [0.717, 1.165) is 5.56 Å². The van der Waals surface area contributed by atoms with Gasteiger partial charge in [0.25, 0.3) is 0 Å². The van der Waals surface area contributed by atoms with E-state index in [9.17, 15) is 4.79 Å². The number of hydrogen-bond donors (Lipinski definition) is 0. The lowest BCUT2D eigenvalue weighted by Crippen LogP contribution is -2.19. The first-order chi connectivity index (χ1) is 6.36. The van der Waals surface area contributed by atoms with Crippen LogP contribution in [-0.2, 0) is 9.53 Å². The van der Waals surface area contributed by atoms with Crippen molar-refractivity contribution in [2.45, 2.75) is 18.9 Å². The van der Waals surface area contributed by atoms with Gasteiger partial charge in [-0.25, -0.2) is 0 Å². The van der Waals surface area contributed by atoms with Gasteiger partial charge in [-0.3, -0.25) is 9.78 Å². The summed E-state index contributed by atoms with van der Waals surface area (Å²) < 4.78 is 5.49. The topological polar surface area (TPSA) is 39.2 Å². The van der Waals surface area contributed by atoms with Gasteiger partial charge in [0, 0.05) is 25.2 Å². The van der Waals surface area contributed by atoms with Gasteiger partial charge in [-0.05, 0) is 17.7 Å². The van der Waals surface area contributed by atoms with E-state index in [1.807, 2.05) is 12.1 Å². The zero-order chi connectivity index (χ0) is 9.10. The summed E-state index contributed by atoms with van der Waals surface area (Å²) >= 11 is 0. The molecule has 68 valence electrons. The zero-order valence-corrected chi connectivity index (χ0v) is 7.27. The molecule has 1 aliphatic rings. The Kier molecular flexibility index (Phi) is 2.36. The first-order valence-electron chi connectivity index (χ1n) is 4.39. The first-order valence-corrected chi connectivity index (χ1v) is 4.39. The van der Waals surface area contributed by atoms with Gasteiger partial charge in [-0.2, -0.15) is 0 Å². The minimum atomic E-state index is -0.0516. The first kappa shape index (κ1) is 8.38. The summed E-state index contributed by atoms with van der Waals surface area (Å²) in [6, 6.07) is 3.78. The summed E-state index contributed by atoms with van der Waals surface area (Å²) in [6.45, 7) is 0.547. The van der Waals surface area contributed by atoms with E-state index in [1.54, 1.807) is 12.4 Å². The number of aromatic nitrogens is 1. The lowest BCUT2D eigenvalue weighted by molar-refractivity contribution is -0.128. The smallest absolute Gasteiger partial charge is 0.138 e. The second-order valence-electron chi connectivity index (χ2n) is 3.13. The Morgan fingerprint density at radius 2 is 2.15 bits per heavy atom. The highest BCUT2D eigenvalue weighted by Gasteiger charge is 2.21. The van der Waals surface area contributed by atoms with Gasteiger partial charge < -0.3 is 4.74 Å². The summed E-state index contributed by atoms with van der Waals surface area (Å²) in [7, 11) is 0. The van der Waals surface area contributed by atoms with E-state index in [4.69, 9.17) is 4.74 Å². The molecular formula is C10H11NO2. The van der Waals surface area contributed by atoms with Crippen LogP contribution >= 0.6 is 0 Å². The molecule has 0 aliphatic carbocycles. The molecule has 0 amide bonds. The van der Waals surface area contributed by atoms with Crippen LogP contribution in [0.1, 0.15) is 24.5 Å². The number of carbonyl (C=O) groups excluding carboxylic acids is 1. The van der Waals surface area contributed by atoms with Gasteiger partial charge in [0.2, 0.25) is 0 Å². The fourth-order valence-electron chi connectivity index (χ4n) is 1.47. The molecule has 0 saturated carbocycles. The zero-order valence-electron chi connectivity index (χ0n) is 7.27. The SMILES string of the molecule is O=C1CCOC(c2ccncc2)C1. The van der Waals surface area contributed by atoms with Crippen molar-refractivity contribution in [3.05, 3.63) is 30.1 Å². The minimum absolute atomic E-state index is 0.0516. The van der Waals surface area contributed by atoms with Crippen molar-refractivity contribution in [2.24, 2.45) is 0 Å². The molecular weight excluding hydrogens is 166 g/mol. The number of Topliss-reactive ketones (excluding diaryl/α,β-unsaturated/α-hetero) is 1. The average molecular weight is 177 g/mol. The highest BCUT2D eigenvalue weighted by Crippen LogP contribution is 2.24. The molecule has 1 fully saturated rings. The number of hydrogen-bond acceptors (Lipinski definition) is 3. The van der Waals surface area contributed by atoms with Crippen molar-refractivity contribution in [2.75, 3.05) is 6.61 Å². The van der Waals surface area contributed by atoms with Crippen LogP contribution in [0, 0.1) is 0 Å². The third kappa shape index (κ3) is 1.92. The summed E-state index contributed by atoms with van der Waals surface area (Å²) in [4.78, 5) is 15.1. The number of rotatable bonds is 1. The molecule has 2 rings (SSSR count). The van der Waals surface area contributed by atoms with Crippen LogP contribution < -0.4 is 0 Å². The van der Waals surface area contributed by atoms with E-state index in [1.165, 1.54) is 0 Å². The van der Waals surface area contributed by atoms with Gasteiger partial charge in [-0.15, -0.1) is 0 Å². The second kappa shape index (κ2) is 3.66. The van der Waals surface area contributed by atoms with E-state index in [0.29, 0.717) is 19.4 Å². The van der Waals surface area contributed by atoms with Crippen LogP contribution in [-0.4, -0.2) is 17.4 Å². The standard InChI is InChI=1S/C10H11NO2/c12-9-3-6-13-10(7-9)8-1-4-11-5-2-8/h1-2,4-5,10H,3,6-7H2. The largest absolute Gasteiger partial charge is 0.373 e. The molecule has 1 atom stereocenters. The summed E-state index contributed by atoms with van der Waals surface area (Å²) in [5.74, 6) is 0.285. The maximum Gasteiger partial charge on any atom is 0.138 e. The van der Waals surface area contributed by atoms with Gasteiger partial charge in [-0.1, -0.05) is 0 Å². The lowest BCUT2D eigenvalue weighted by Gasteiger charge is -2.21. The number of ketones is 1. The van der Waals surface area contributed by atoms with Crippen molar-refractivity contribution in [3.63, 3.8) is 0 Å². The normalized spacial score (nSPS) is 23.1. The van der Waals surface area contributed by atoms with Crippen molar-refractivity contribution in [1.29, 1.82) is 0 Å². The second-order valence-corrected chi connectivity index (χ2v) is 3.13. The van der Waals surface area contributed by atoms with Crippen molar-refractivity contribution in [3.8, 4) is 0 Å². The van der Waals surface area contributed by atoms with Crippen LogP contribution in [0.4, 0.5) is 0 Å². The Morgan fingerprint density at radius 1 is 1.38 bits per heavy atom. The molecule has 3 nitrogen and oxygen atoms in total. The van der Waals surface area contributed by atoms with E-state index < -0.39 is 0 Å². The average Bonchev–Trinajstić information content (AvgIpc) is 2.19. The molecule has 0 radical (unpaired) electrons. The highest BCUT2D eigenvalue weighted by molar-refractivity contribution is 5.79. The predicted molar refractivity (Wildman–Crippen MR) is 47.2 cm³/mol. The van der Waals surface area contributed by atoms with E-state index in [-0.39, 0.29) is 11.9 Å². The lowest BCUT2D eigenvalue weighted by atomic mass is 10.0. The quantitative estimate of drug-likeness (QED) is 0.652. The molecule has 2 heterocycles. The molecule has 13 heavy (non-hydrogen) atoms. The molecule has 0 N–H and O–H groups in total. The molecule has 1 aromatic heterocycles. The van der Waals surface area contributed by atoms with Crippen molar-refractivity contribution < 1.29 is 9.53 Å². The number of carbonyl (C=O) groups is 1. The van der Waals surface area contributed by atoms with Crippen molar-refractivity contribution >= 4 is 5.78 Å². The Morgan fingerprint density at radius 3 is 2.85 bits per heavy atom. The fraction of sp³-hybridized carbons (Fsp3) is 0.400. The molecule has 1 saturated heterocycles. The van der Waals surface area contributed by atoms with E-state index in [2.05, 4.69) is 4.98 Å². The monoisotopic (exact) mass is 177 g/mol. The molecule has 0 bridgehead atoms.